The number of rotatable bonds is 1. The van der Waals surface area contributed by atoms with E-state index in [2.05, 4.69) is 28.1 Å². The predicted molar refractivity (Wildman–Crippen MR) is 55.1 cm³/mol. The number of ether oxygens (including phenoxy) is 1. The summed E-state index contributed by atoms with van der Waals surface area (Å²) >= 11 is 3.76. The predicted octanol–water partition coefficient (Wildman–Crippen LogP) is 1.33. The third kappa shape index (κ3) is 0.624. The fourth-order valence-electron chi connectivity index (χ4n) is 4.48. The zero-order chi connectivity index (χ0) is 9.50. The van der Waals surface area contributed by atoms with E-state index in [1.807, 2.05) is 0 Å². The third-order valence-electron chi connectivity index (χ3n) is 4.96. The first-order chi connectivity index (χ1) is 6.78. The summed E-state index contributed by atoms with van der Waals surface area (Å²) in [5.41, 5.74) is 0.0521. The van der Waals surface area contributed by atoms with Gasteiger partial charge in [-0.2, -0.15) is 0 Å². The molecule has 2 bridgehead atoms. The van der Waals surface area contributed by atoms with Gasteiger partial charge in [-0.15, -0.1) is 0 Å². The minimum atomic E-state index is 0.0521. The maximum Gasteiger partial charge on any atom is 0.0801 e. The summed E-state index contributed by atoms with van der Waals surface area (Å²) in [4.78, 5) is 0.464. The summed E-state index contributed by atoms with van der Waals surface area (Å²) in [5, 5.41) is 9.68. The maximum absolute atomic E-state index is 9.68. The van der Waals surface area contributed by atoms with Crippen molar-refractivity contribution in [2.24, 2.45) is 23.2 Å². The Morgan fingerprint density at radius 1 is 1.57 bits per heavy atom. The summed E-state index contributed by atoms with van der Waals surface area (Å²) in [7, 11) is 0. The van der Waals surface area contributed by atoms with Gasteiger partial charge in [-0.25, -0.2) is 0 Å². The monoisotopic (exact) mass is 256 g/mol. The molecule has 1 saturated heterocycles. The zero-order valence-electron chi connectivity index (χ0n) is 7.77. The van der Waals surface area contributed by atoms with E-state index >= 15 is 0 Å². The molecule has 3 fully saturated rings. The van der Waals surface area contributed by atoms with Gasteiger partial charge in [-0.3, -0.25) is 0 Å². The van der Waals surface area contributed by atoms with E-state index in [0.29, 0.717) is 41.4 Å². The summed E-state index contributed by atoms with van der Waals surface area (Å²) < 4.78 is 6.02. The van der Waals surface area contributed by atoms with Crippen molar-refractivity contribution in [3.63, 3.8) is 0 Å². The topological polar surface area (TPSA) is 29.5 Å². The Bertz CT molecular complexity index is 329. The lowest BCUT2D eigenvalue weighted by Crippen LogP contribution is -2.43. The van der Waals surface area contributed by atoms with Gasteiger partial charge in [0.15, 0.2) is 0 Å². The Kier molecular flexibility index (Phi) is 1.35. The molecule has 2 unspecified atom stereocenters. The molecule has 7 atom stereocenters. The number of aliphatic hydroxyl groups is 1. The van der Waals surface area contributed by atoms with E-state index in [-0.39, 0.29) is 5.41 Å². The first kappa shape index (κ1) is 8.31. The fraction of sp³-hybridized carbons (Fsp3) is 0.818. The van der Waals surface area contributed by atoms with Crippen LogP contribution in [0.15, 0.2) is 12.2 Å². The van der Waals surface area contributed by atoms with Crippen LogP contribution in [0.4, 0.5) is 0 Å². The molecule has 4 rings (SSSR count). The molecule has 76 valence electrons. The molecule has 2 saturated carbocycles. The lowest BCUT2D eigenvalue weighted by molar-refractivity contribution is 0.0694. The van der Waals surface area contributed by atoms with Crippen molar-refractivity contribution in [1.82, 2.24) is 0 Å². The number of aliphatic hydroxyl groups excluding tert-OH is 1. The highest BCUT2D eigenvalue weighted by Crippen LogP contribution is 2.69. The number of hydrogen-bond donors (Lipinski definition) is 1. The van der Waals surface area contributed by atoms with Gasteiger partial charge in [0, 0.05) is 16.2 Å². The van der Waals surface area contributed by atoms with Gasteiger partial charge in [-0.1, -0.05) is 28.1 Å². The number of alkyl halides is 1. The first-order valence-electron chi connectivity index (χ1n) is 5.38. The van der Waals surface area contributed by atoms with Crippen LogP contribution in [0.1, 0.15) is 6.42 Å². The lowest BCUT2D eigenvalue weighted by Gasteiger charge is -2.38. The summed E-state index contributed by atoms with van der Waals surface area (Å²) in [6.07, 6.45) is 6.37. The standard InChI is InChI=1S/C11H13BrO2/c12-9-6-3-5-8-7(14-10(5)9)1-2-11(6,8)4-13/h1-2,5-10,13H,3-4H2/t5-,6-,7+,8?,9?,10+,11+/m1/s1. The maximum atomic E-state index is 9.68. The van der Waals surface area contributed by atoms with Gasteiger partial charge in [0.25, 0.3) is 0 Å². The second-order valence-corrected chi connectivity index (χ2v) is 6.23. The minimum Gasteiger partial charge on any atom is -0.395 e. The molecular formula is C11H13BrO2. The largest absolute Gasteiger partial charge is 0.395 e. The summed E-state index contributed by atoms with van der Waals surface area (Å²) in [6.45, 7) is 0.296. The van der Waals surface area contributed by atoms with Crippen molar-refractivity contribution in [3.8, 4) is 0 Å². The van der Waals surface area contributed by atoms with Crippen molar-refractivity contribution < 1.29 is 9.84 Å². The Labute approximate surface area is 91.5 Å². The molecule has 0 aromatic rings. The molecule has 1 heterocycles. The Morgan fingerprint density at radius 3 is 3.21 bits per heavy atom. The smallest absolute Gasteiger partial charge is 0.0801 e. The van der Waals surface area contributed by atoms with Crippen LogP contribution in [0.25, 0.3) is 0 Å². The van der Waals surface area contributed by atoms with Gasteiger partial charge in [-0.05, 0) is 18.3 Å². The molecule has 4 aliphatic rings. The van der Waals surface area contributed by atoms with Gasteiger partial charge in [0.2, 0.25) is 0 Å². The van der Waals surface area contributed by atoms with E-state index in [1.54, 1.807) is 0 Å². The SMILES string of the molecule is OC[C@@]12C=C[C@@H]3O[C@@H]4C(Br)[C@H]1C[C@@H]4C32. The molecular weight excluding hydrogens is 244 g/mol. The van der Waals surface area contributed by atoms with Crippen LogP contribution in [0.3, 0.4) is 0 Å². The summed E-state index contributed by atoms with van der Waals surface area (Å²) in [6, 6.07) is 0. The van der Waals surface area contributed by atoms with Crippen LogP contribution >= 0.6 is 15.9 Å². The highest BCUT2D eigenvalue weighted by atomic mass is 79.9. The normalized spacial score (nSPS) is 67.0. The fourth-order valence-corrected chi connectivity index (χ4v) is 5.70. The highest BCUT2D eigenvalue weighted by molar-refractivity contribution is 9.09. The third-order valence-corrected chi connectivity index (χ3v) is 6.12. The molecule has 0 aromatic carbocycles. The van der Waals surface area contributed by atoms with E-state index in [0.717, 1.165) is 0 Å². The number of halogens is 1. The van der Waals surface area contributed by atoms with Gasteiger partial charge in [0.05, 0.1) is 18.8 Å². The average molecular weight is 257 g/mol. The first-order valence-corrected chi connectivity index (χ1v) is 6.29. The van der Waals surface area contributed by atoms with Gasteiger partial charge < -0.3 is 9.84 Å². The number of fused-ring (bicyclic) bond motifs is 2. The molecule has 1 aliphatic heterocycles. The van der Waals surface area contributed by atoms with Crippen molar-refractivity contribution in [3.05, 3.63) is 12.2 Å². The van der Waals surface area contributed by atoms with Crippen LogP contribution in [0.2, 0.25) is 0 Å². The lowest BCUT2D eigenvalue weighted by atomic mass is 9.68. The van der Waals surface area contributed by atoms with E-state index in [9.17, 15) is 5.11 Å². The van der Waals surface area contributed by atoms with Crippen LogP contribution < -0.4 is 0 Å². The van der Waals surface area contributed by atoms with Crippen LogP contribution in [0.5, 0.6) is 0 Å². The van der Waals surface area contributed by atoms with E-state index in [4.69, 9.17) is 4.74 Å². The molecule has 1 N–H and O–H groups in total. The molecule has 0 aromatic heterocycles. The van der Waals surface area contributed by atoms with Gasteiger partial charge in [0.1, 0.15) is 0 Å². The number of hydrogen-bond acceptors (Lipinski definition) is 2. The van der Waals surface area contributed by atoms with Gasteiger partial charge >= 0.3 is 0 Å². The van der Waals surface area contributed by atoms with Crippen molar-refractivity contribution in [1.29, 1.82) is 0 Å². The van der Waals surface area contributed by atoms with Crippen LogP contribution in [-0.2, 0) is 4.74 Å². The Hall–Kier alpha value is 0.140. The van der Waals surface area contributed by atoms with Crippen molar-refractivity contribution >= 4 is 15.9 Å². The Morgan fingerprint density at radius 2 is 2.43 bits per heavy atom. The molecule has 0 amide bonds. The van der Waals surface area contributed by atoms with E-state index in [1.165, 1.54) is 6.42 Å². The Balaban J connectivity index is 1.92. The molecule has 2 nitrogen and oxygen atoms in total. The molecule has 14 heavy (non-hydrogen) atoms. The van der Waals surface area contributed by atoms with Crippen LogP contribution in [0, 0.1) is 23.2 Å². The molecule has 0 radical (unpaired) electrons. The van der Waals surface area contributed by atoms with E-state index < -0.39 is 0 Å². The highest BCUT2D eigenvalue weighted by Gasteiger charge is 2.71. The summed E-state index contributed by atoms with van der Waals surface area (Å²) in [5.74, 6) is 1.86. The zero-order valence-corrected chi connectivity index (χ0v) is 9.35. The second kappa shape index (κ2) is 2.28. The molecule has 3 aliphatic carbocycles. The molecule has 0 spiro atoms. The second-order valence-electron chi connectivity index (χ2n) is 5.17. The minimum absolute atomic E-state index is 0.0521. The van der Waals surface area contributed by atoms with Crippen LogP contribution in [-0.4, -0.2) is 28.7 Å². The quantitative estimate of drug-likeness (QED) is 0.567. The van der Waals surface area contributed by atoms with Crippen molar-refractivity contribution in [2.75, 3.05) is 6.61 Å². The molecule has 3 heteroatoms. The average Bonchev–Trinajstić information content (AvgIpc) is 2.83. The van der Waals surface area contributed by atoms with Crippen molar-refractivity contribution in [2.45, 2.75) is 23.5 Å².